The van der Waals surface area contributed by atoms with Gasteiger partial charge in [-0.25, -0.2) is 4.98 Å². The lowest BCUT2D eigenvalue weighted by Crippen LogP contribution is -1.96. The Morgan fingerprint density at radius 2 is 2.29 bits per heavy atom. The summed E-state index contributed by atoms with van der Waals surface area (Å²) < 4.78 is 5.91. The fraction of sp³-hybridized carbons (Fsp3) is 0.182. The van der Waals surface area contributed by atoms with Crippen LogP contribution in [0.5, 0.6) is 0 Å². The van der Waals surface area contributed by atoms with Gasteiger partial charge < -0.3 is 10.3 Å². The maximum atomic E-state index is 5.64. The molecule has 0 bridgehead atoms. The highest BCUT2D eigenvalue weighted by atomic mass is 32.1. The van der Waals surface area contributed by atoms with Gasteiger partial charge in [-0.15, -0.1) is 5.10 Å². The third-order valence-electron chi connectivity index (χ3n) is 2.76. The van der Waals surface area contributed by atoms with Crippen LogP contribution >= 0.6 is 11.5 Å². The second kappa shape index (κ2) is 3.90. The van der Waals surface area contributed by atoms with Crippen molar-refractivity contribution in [1.29, 1.82) is 0 Å². The summed E-state index contributed by atoms with van der Waals surface area (Å²) in [7, 11) is 1.99. The van der Waals surface area contributed by atoms with Crippen LogP contribution < -0.4 is 5.73 Å². The summed E-state index contributed by atoms with van der Waals surface area (Å²) in [5, 5.41) is 3.84. The SMILES string of the molecule is Cn1c(-c2cnns2)nc2ccc(CN)cc21. The molecule has 3 rings (SSSR count). The van der Waals surface area contributed by atoms with Crippen molar-refractivity contribution in [1.82, 2.24) is 19.1 Å². The summed E-state index contributed by atoms with van der Waals surface area (Å²) in [5.74, 6) is 0.893. The number of hydrogen-bond donors (Lipinski definition) is 1. The lowest BCUT2D eigenvalue weighted by atomic mass is 10.2. The van der Waals surface area contributed by atoms with Gasteiger partial charge in [0.25, 0.3) is 0 Å². The van der Waals surface area contributed by atoms with Gasteiger partial charge >= 0.3 is 0 Å². The van der Waals surface area contributed by atoms with Crippen molar-refractivity contribution >= 4 is 22.6 Å². The van der Waals surface area contributed by atoms with Gasteiger partial charge in [-0.3, -0.25) is 0 Å². The molecule has 0 saturated carbocycles. The Balaban J connectivity index is 2.25. The molecule has 86 valence electrons. The minimum atomic E-state index is 0.540. The molecule has 0 aliphatic heterocycles. The Bertz CT molecular complexity index is 656. The first-order chi connectivity index (χ1) is 8.29. The van der Waals surface area contributed by atoms with Crippen LogP contribution in [0.4, 0.5) is 0 Å². The average Bonchev–Trinajstić information content (AvgIpc) is 2.97. The number of hydrogen-bond acceptors (Lipinski definition) is 5. The van der Waals surface area contributed by atoms with E-state index in [2.05, 4.69) is 20.6 Å². The summed E-state index contributed by atoms with van der Waals surface area (Å²) in [6.45, 7) is 0.540. The van der Waals surface area contributed by atoms with Gasteiger partial charge in [0.2, 0.25) is 0 Å². The van der Waals surface area contributed by atoms with Gasteiger partial charge in [-0.1, -0.05) is 10.6 Å². The molecular weight excluding hydrogens is 234 g/mol. The molecule has 0 saturated heterocycles. The van der Waals surface area contributed by atoms with E-state index in [0.717, 1.165) is 27.3 Å². The zero-order valence-electron chi connectivity index (χ0n) is 9.29. The van der Waals surface area contributed by atoms with Crippen LogP contribution in [-0.2, 0) is 13.6 Å². The molecule has 0 fully saturated rings. The molecule has 0 aliphatic carbocycles. The van der Waals surface area contributed by atoms with Crippen molar-refractivity contribution in [2.75, 3.05) is 0 Å². The van der Waals surface area contributed by atoms with Crippen molar-refractivity contribution in [2.24, 2.45) is 12.8 Å². The molecule has 0 unspecified atom stereocenters. The fourth-order valence-electron chi connectivity index (χ4n) is 1.85. The first kappa shape index (κ1) is 10.4. The van der Waals surface area contributed by atoms with E-state index >= 15 is 0 Å². The van der Waals surface area contributed by atoms with Crippen LogP contribution in [0.15, 0.2) is 24.4 Å². The van der Waals surface area contributed by atoms with E-state index in [1.807, 2.05) is 23.7 Å². The van der Waals surface area contributed by atoms with Gasteiger partial charge in [0.05, 0.1) is 17.2 Å². The number of aryl methyl sites for hydroxylation is 1. The number of imidazole rings is 1. The van der Waals surface area contributed by atoms with E-state index in [4.69, 9.17) is 5.73 Å². The van der Waals surface area contributed by atoms with Crippen molar-refractivity contribution in [3.8, 4) is 10.7 Å². The quantitative estimate of drug-likeness (QED) is 0.743. The Morgan fingerprint density at radius 1 is 1.41 bits per heavy atom. The first-order valence-electron chi connectivity index (χ1n) is 5.23. The molecule has 17 heavy (non-hydrogen) atoms. The highest BCUT2D eigenvalue weighted by Crippen LogP contribution is 2.25. The van der Waals surface area contributed by atoms with E-state index in [9.17, 15) is 0 Å². The molecule has 2 aromatic heterocycles. The maximum Gasteiger partial charge on any atom is 0.154 e. The highest BCUT2D eigenvalue weighted by Gasteiger charge is 2.11. The van der Waals surface area contributed by atoms with Crippen LogP contribution in [0.3, 0.4) is 0 Å². The summed E-state index contributed by atoms with van der Waals surface area (Å²) in [4.78, 5) is 5.55. The normalized spacial score (nSPS) is 11.2. The van der Waals surface area contributed by atoms with Crippen LogP contribution in [0.1, 0.15) is 5.56 Å². The lowest BCUT2D eigenvalue weighted by Gasteiger charge is -2.00. The fourth-order valence-corrected chi connectivity index (χ4v) is 2.39. The van der Waals surface area contributed by atoms with Crippen molar-refractivity contribution in [2.45, 2.75) is 6.54 Å². The molecule has 0 aliphatic rings. The third-order valence-corrected chi connectivity index (χ3v) is 3.42. The van der Waals surface area contributed by atoms with Gasteiger partial charge in [-0.05, 0) is 29.2 Å². The molecule has 2 heterocycles. The van der Waals surface area contributed by atoms with Crippen LogP contribution in [0.2, 0.25) is 0 Å². The van der Waals surface area contributed by atoms with E-state index in [1.165, 1.54) is 11.5 Å². The van der Waals surface area contributed by atoms with E-state index in [0.29, 0.717) is 6.54 Å². The van der Waals surface area contributed by atoms with Crippen LogP contribution in [-0.4, -0.2) is 19.1 Å². The standard InChI is InChI=1S/C11H11N5S/c1-16-9-4-7(5-12)2-3-8(9)14-11(16)10-6-13-15-17-10/h2-4,6H,5,12H2,1H3. The Hall–Kier alpha value is -1.79. The molecule has 1 aromatic carbocycles. The molecule has 6 heteroatoms. The molecule has 0 atom stereocenters. The van der Waals surface area contributed by atoms with Crippen molar-refractivity contribution < 1.29 is 0 Å². The predicted octanol–water partition coefficient (Wildman–Crippen LogP) is 1.55. The minimum absolute atomic E-state index is 0.540. The van der Waals surface area contributed by atoms with E-state index in [1.54, 1.807) is 6.20 Å². The number of rotatable bonds is 2. The lowest BCUT2D eigenvalue weighted by molar-refractivity contribution is 0.959. The zero-order valence-corrected chi connectivity index (χ0v) is 10.1. The monoisotopic (exact) mass is 245 g/mol. The van der Waals surface area contributed by atoms with E-state index < -0.39 is 0 Å². The predicted molar refractivity (Wildman–Crippen MR) is 67.5 cm³/mol. The highest BCUT2D eigenvalue weighted by molar-refractivity contribution is 7.09. The minimum Gasteiger partial charge on any atom is -0.326 e. The Labute approximate surface area is 102 Å². The zero-order chi connectivity index (χ0) is 11.8. The van der Waals surface area contributed by atoms with E-state index in [-0.39, 0.29) is 0 Å². The molecule has 3 aromatic rings. The van der Waals surface area contributed by atoms with Crippen molar-refractivity contribution in [3.63, 3.8) is 0 Å². The second-order valence-electron chi connectivity index (χ2n) is 3.80. The number of aromatic nitrogens is 4. The molecule has 0 spiro atoms. The number of nitrogens with two attached hydrogens (primary N) is 1. The van der Waals surface area contributed by atoms with Gasteiger partial charge in [-0.2, -0.15) is 0 Å². The molecule has 2 N–H and O–H groups in total. The Morgan fingerprint density at radius 3 is 3.00 bits per heavy atom. The second-order valence-corrected chi connectivity index (χ2v) is 4.59. The number of fused-ring (bicyclic) bond motifs is 1. The molecule has 5 nitrogen and oxygen atoms in total. The summed E-state index contributed by atoms with van der Waals surface area (Å²) in [6.07, 6.45) is 1.73. The maximum absolute atomic E-state index is 5.64. The van der Waals surface area contributed by atoms with Gasteiger partial charge in [0.1, 0.15) is 4.88 Å². The van der Waals surface area contributed by atoms with Crippen LogP contribution in [0, 0.1) is 0 Å². The summed E-state index contributed by atoms with van der Waals surface area (Å²) in [6, 6.07) is 6.07. The average molecular weight is 245 g/mol. The largest absolute Gasteiger partial charge is 0.326 e. The summed E-state index contributed by atoms with van der Waals surface area (Å²) >= 11 is 1.35. The third kappa shape index (κ3) is 1.62. The topological polar surface area (TPSA) is 69.6 Å². The van der Waals surface area contributed by atoms with Gasteiger partial charge in [0.15, 0.2) is 5.82 Å². The first-order valence-corrected chi connectivity index (χ1v) is 6.00. The number of benzene rings is 1. The molecular formula is C11H11N5S. The van der Waals surface area contributed by atoms with Crippen LogP contribution in [0.25, 0.3) is 21.7 Å². The van der Waals surface area contributed by atoms with Crippen molar-refractivity contribution in [3.05, 3.63) is 30.0 Å². The molecule has 0 amide bonds. The smallest absolute Gasteiger partial charge is 0.154 e. The number of nitrogens with zero attached hydrogens (tertiary/aromatic N) is 4. The summed E-state index contributed by atoms with van der Waals surface area (Å²) in [5.41, 5.74) is 8.80. The Kier molecular flexibility index (Phi) is 2.38. The molecule has 0 radical (unpaired) electrons. The van der Waals surface area contributed by atoms with Gasteiger partial charge in [0, 0.05) is 13.6 Å².